The van der Waals surface area contributed by atoms with Gasteiger partial charge in [-0.25, -0.2) is 0 Å². The standard InChI is InChI=1S/C25H34O6/c1-14-7-17-19-8-15(2)25(24(30-13-31-25)11-28-12-29-24)23(19,4)10-20(27)21(17)22(3)6-5-16(26)9-18(14)22/h9,15,17,19-21,27H,1,5-8,10-13H2,2-4H3. The van der Waals surface area contributed by atoms with Crippen LogP contribution in [0.1, 0.15) is 52.9 Å². The lowest BCUT2D eigenvalue weighted by Gasteiger charge is -2.62. The van der Waals surface area contributed by atoms with Crippen LogP contribution in [-0.2, 0) is 23.7 Å². The second-order valence-electron chi connectivity index (χ2n) is 11.4. The lowest BCUT2D eigenvalue weighted by Crippen LogP contribution is -2.67. The maximum atomic E-state index is 12.2. The summed E-state index contributed by atoms with van der Waals surface area (Å²) in [6.45, 7) is 11.9. The number of carbonyl (C=O) groups is 1. The fraction of sp³-hybridized carbons (Fsp3) is 0.800. The molecule has 0 radical (unpaired) electrons. The van der Waals surface area contributed by atoms with Gasteiger partial charge in [0, 0.05) is 11.8 Å². The van der Waals surface area contributed by atoms with Crippen molar-refractivity contribution in [3.63, 3.8) is 0 Å². The Morgan fingerprint density at radius 1 is 1.19 bits per heavy atom. The van der Waals surface area contributed by atoms with E-state index in [1.54, 1.807) is 0 Å². The molecule has 0 aromatic carbocycles. The summed E-state index contributed by atoms with van der Waals surface area (Å²) in [6, 6.07) is 0. The minimum atomic E-state index is -0.902. The smallest absolute Gasteiger partial charge is 0.227 e. The molecule has 0 amide bonds. The fourth-order valence-corrected chi connectivity index (χ4v) is 9.23. The average Bonchev–Trinajstić information content (AvgIpc) is 3.39. The van der Waals surface area contributed by atoms with E-state index in [9.17, 15) is 9.90 Å². The van der Waals surface area contributed by atoms with E-state index >= 15 is 0 Å². The number of rotatable bonds is 0. The molecule has 9 unspecified atom stereocenters. The zero-order valence-corrected chi connectivity index (χ0v) is 18.8. The van der Waals surface area contributed by atoms with E-state index in [0.717, 1.165) is 30.4 Å². The summed E-state index contributed by atoms with van der Waals surface area (Å²) >= 11 is 0. The number of ketones is 1. The maximum Gasteiger partial charge on any atom is 0.227 e. The molecule has 6 aliphatic rings. The van der Waals surface area contributed by atoms with Gasteiger partial charge >= 0.3 is 0 Å². The molecule has 2 aliphatic heterocycles. The second-order valence-corrected chi connectivity index (χ2v) is 11.4. The van der Waals surface area contributed by atoms with Gasteiger partial charge < -0.3 is 24.1 Å². The Hall–Kier alpha value is -1.05. The quantitative estimate of drug-likeness (QED) is 0.635. The molecule has 1 N–H and O–H groups in total. The van der Waals surface area contributed by atoms with Crippen molar-refractivity contribution in [1.29, 1.82) is 0 Å². The number of hydrogen-bond donors (Lipinski definition) is 1. The van der Waals surface area contributed by atoms with Crippen LogP contribution < -0.4 is 0 Å². The van der Waals surface area contributed by atoms with E-state index in [4.69, 9.17) is 18.9 Å². The molecule has 3 saturated carbocycles. The molecule has 0 aromatic rings. The van der Waals surface area contributed by atoms with E-state index < -0.39 is 17.5 Å². The van der Waals surface area contributed by atoms with Crippen molar-refractivity contribution >= 4 is 5.78 Å². The third-order valence-corrected chi connectivity index (χ3v) is 10.2. The Morgan fingerprint density at radius 2 is 1.97 bits per heavy atom. The number of carbonyl (C=O) groups excluding carboxylic acids is 1. The molecule has 31 heavy (non-hydrogen) atoms. The molecule has 2 spiro atoms. The van der Waals surface area contributed by atoms with Crippen LogP contribution in [0, 0.1) is 34.5 Å². The topological polar surface area (TPSA) is 74.2 Å². The van der Waals surface area contributed by atoms with Gasteiger partial charge in [0.15, 0.2) is 19.4 Å². The van der Waals surface area contributed by atoms with E-state index in [1.165, 1.54) is 0 Å². The summed E-state index contributed by atoms with van der Waals surface area (Å²) in [5.41, 5.74) is 0.997. The highest BCUT2D eigenvalue weighted by Gasteiger charge is 2.79. The lowest BCUT2D eigenvalue weighted by atomic mass is 9.44. The minimum Gasteiger partial charge on any atom is -0.393 e. The van der Waals surface area contributed by atoms with Crippen molar-refractivity contribution < 1.29 is 28.8 Å². The largest absolute Gasteiger partial charge is 0.393 e. The summed E-state index contributed by atoms with van der Waals surface area (Å²) in [6.07, 6.45) is 5.14. The normalized spacial score (nSPS) is 56.0. The Labute approximate surface area is 183 Å². The molecule has 6 heteroatoms. The summed E-state index contributed by atoms with van der Waals surface area (Å²) in [4.78, 5) is 12.2. The summed E-state index contributed by atoms with van der Waals surface area (Å²) < 4.78 is 24.4. The molecule has 0 aromatic heterocycles. The van der Waals surface area contributed by atoms with Crippen molar-refractivity contribution in [2.75, 3.05) is 20.2 Å². The predicted molar refractivity (Wildman–Crippen MR) is 112 cm³/mol. The maximum absolute atomic E-state index is 12.2. The molecule has 170 valence electrons. The number of hydrogen-bond acceptors (Lipinski definition) is 6. The highest BCUT2D eigenvalue weighted by atomic mass is 16.9. The van der Waals surface area contributed by atoms with Crippen LogP contribution in [0.2, 0.25) is 0 Å². The first-order valence-corrected chi connectivity index (χ1v) is 11.8. The highest BCUT2D eigenvalue weighted by Crippen LogP contribution is 2.73. The van der Waals surface area contributed by atoms with Crippen LogP contribution in [0.15, 0.2) is 23.8 Å². The summed E-state index contributed by atoms with van der Waals surface area (Å²) in [5.74, 6) is 0.265. The first kappa shape index (κ1) is 20.5. The van der Waals surface area contributed by atoms with Gasteiger partial charge in [0.1, 0.15) is 12.2 Å². The Bertz CT molecular complexity index is 868. The summed E-state index contributed by atoms with van der Waals surface area (Å²) in [7, 11) is 0. The van der Waals surface area contributed by atoms with Gasteiger partial charge in [-0.3, -0.25) is 4.79 Å². The van der Waals surface area contributed by atoms with E-state index in [0.29, 0.717) is 31.3 Å². The number of fused-ring (bicyclic) bond motifs is 7. The van der Waals surface area contributed by atoms with Gasteiger partial charge in [0.2, 0.25) is 5.79 Å². The molecule has 4 aliphatic carbocycles. The second kappa shape index (κ2) is 6.29. The van der Waals surface area contributed by atoms with Crippen LogP contribution >= 0.6 is 0 Å². The zero-order valence-electron chi connectivity index (χ0n) is 18.8. The molecule has 2 saturated heterocycles. The number of ether oxygens (including phenoxy) is 4. The van der Waals surface area contributed by atoms with Crippen LogP contribution in [0.3, 0.4) is 0 Å². The SMILES string of the molecule is C=C1CC2C(C(O)CC3(C)C2CC(C)C32OCOC23COCO3)C2(C)CCC(=O)C=C12. The van der Waals surface area contributed by atoms with E-state index in [2.05, 4.69) is 27.4 Å². The van der Waals surface area contributed by atoms with Crippen molar-refractivity contribution in [3.8, 4) is 0 Å². The number of allylic oxidation sites excluding steroid dienone is 2. The van der Waals surface area contributed by atoms with E-state index in [1.807, 2.05) is 6.08 Å². The van der Waals surface area contributed by atoms with Crippen molar-refractivity contribution in [1.82, 2.24) is 0 Å². The van der Waals surface area contributed by atoms with Crippen molar-refractivity contribution in [2.45, 2.75) is 70.4 Å². The Balaban J connectivity index is 1.46. The van der Waals surface area contributed by atoms with Crippen molar-refractivity contribution in [3.05, 3.63) is 23.8 Å². The first-order valence-electron chi connectivity index (χ1n) is 11.8. The number of aliphatic hydroxyl groups is 1. The Kier molecular flexibility index (Phi) is 4.17. The van der Waals surface area contributed by atoms with Crippen LogP contribution in [0.4, 0.5) is 0 Å². The minimum absolute atomic E-state index is 0.122. The molecule has 6 rings (SSSR count). The molecule has 6 nitrogen and oxygen atoms in total. The Morgan fingerprint density at radius 3 is 2.71 bits per heavy atom. The van der Waals surface area contributed by atoms with Crippen LogP contribution in [-0.4, -0.2) is 48.6 Å². The third-order valence-electron chi connectivity index (χ3n) is 10.2. The van der Waals surface area contributed by atoms with Gasteiger partial charge in [0.05, 0.1) is 6.10 Å². The highest BCUT2D eigenvalue weighted by molar-refractivity contribution is 5.92. The van der Waals surface area contributed by atoms with E-state index in [-0.39, 0.29) is 42.0 Å². The molecule has 0 bridgehead atoms. The number of aliphatic hydroxyl groups excluding tert-OH is 1. The van der Waals surface area contributed by atoms with Crippen molar-refractivity contribution in [2.24, 2.45) is 34.5 Å². The fourth-order valence-electron chi connectivity index (χ4n) is 9.23. The van der Waals surface area contributed by atoms with Gasteiger partial charge in [-0.05, 0) is 66.4 Å². The third kappa shape index (κ3) is 2.24. The molecular formula is C25H34O6. The van der Waals surface area contributed by atoms with Gasteiger partial charge in [-0.1, -0.05) is 32.9 Å². The predicted octanol–water partition coefficient (Wildman–Crippen LogP) is 3.34. The molecule has 2 heterocycles. The summed E-state index contributed by atoms with van der Waals surface area (Å²) in [5, 5.41) is 11.7. The van der Waals surface area contributed by atoms with Gasteiger partial charge in [0.25, 0.3) is 0 Å². The van der Waals surface area contributed by atoms with Gasteiger partial charge in [-0.15, -0.1) is 0 Å². The molecule has 9 atom stereocenters. The monoisotopic (exact) mass is 430 g/mol. The average molecular weight is 431 g/mol. The zero-order chi connectivity index (χ0) is 21.8. The first-order chi connectivity index (χ1) is 14.7. The van der Waals surface area contributed by atoms with Gasteiger partial charge in [-0.2, -0.15) is 0 Å². The molecular weight excluding hydrogens is 396 g/mol. The lowest BCUT2D eigenvalue weighted by molar-refractivity contribution is -0.266. The molecule has 5 fully saturated rings. The van der Waals surface area contributed by atoms with Crippen LogP contribution in [0.5, 0.6) is 0 Å². The van der Waals surface area contributed by atoms with Crippen LogP contribution in [0.25, 0.3) is 0 Å².